The molecule has 0 spiro atoms. The van der Waals surface area contributed by atoms with Crippen LogP contribution >= 0.6 is 0 Å². The number of rotatable bonds is 9. The second-order valence-electron chi connectivity index (χ2n) is 4.96. The van der Waals surface area contributed by atoms with Crippen LogP contribution in [0.2, 0.25) is 13.1 Å². The number of hydrogen-bond donors (Lipinski definition) is 0. The molecule has 0 aliphatic carbocycles. The number of unbranched alkanes of at least 4 members (excludes halogenated alkanes) is 3. The van der Waals surface area contributed by atoms with Crippen molar-refractivity contribution >= 4 is 8.56 Å². The average molecular weight is 267 g/mol. The quantitative estimate of drug-likeness (QED) is 0.502. The summed E-state index contributed by atoms with van der Waals surface area (Å²) in [6, 6.07) is 3.96. The Hall–Kier alpha value is -0.713. The second kappa shape index (κ2) is 8.40. The van der Waals surface area contributed by atoms with Crippen LogP contribution in [0.5, 0.6) is 0 Å². The number of aromatic nitrogens is 1. The van der Waals surface area contributed by atoms with Crippen molar-refractivity contribution in [3.05, 3.63) is 30.1 Å². The smallest absolute Gasteiger partial charge is 0.332 e. The van der Waals surface area contributed by atoms with Gasteiger partial charge in [0.25, 0.3) is 0 Å². The van der Waals surface area contributed by atoms with Crippen LogP contribution in [-0.4, -0.2) is 20.2 Å². The number of nitrogens with zero attached hydrogens (tertiary/aromatic N) is 1. The highest BCUT2D eigenvalue weighted by Crippen LogP contribution is 2.11. The molecule has 0 N–H and O–H groups in total. The predicted octanol–water partition coefficient (Wildman–Crippen LogP) is 3.90. The number of hydrogen-bond acceptors (Lipinski definition) is 3. The summed E-state index contributed by atoms with van der Waals surface area (Å²) >= 11 is 0. The van der Waals surface area contributed by atoms with Crippen molar-refractivity contribution in [2.75, 3.05) is 6.61 Å². The van der Waals surface area contributed by atoms with E-state index >= 15 is 0 Å². The highest BCUT2D eigenvalue weighted by molar-refractivity contribution is 6.64. The SMILES string of the molecule is CCCCCCO[Si](C)(C)OCc1cccnc1. The Balaban J connectivity index is 2.19. The summed E-state index contributed by atoms with van der Waals surface area (Å²) in [7, 11) is -1.97. The lowest BCUT2D eigenvalue weighted by Gasteiger charge is -2.22. The van der Waals surface area contributed by atoms with E-state index in [1.54, 1.807) is 6.20 Å². The fraction of sp³-hybridized carbons (Fsp3) is 0.643. The predicted molar refractivity (Wildman–Crippen MR) is 76.6 cm³/mol. The van der Waals surface area contributed by atoms with Gasteiger partial charge in [-0.05, 0) is 31.1 Å². The average Bonchev–Trinajstić information content (AvgIpc) is 2.38. The highest BCUT2D eigenvalue weighted by Gasteiger charge is 2.24. The van der Waals surface area contributed by atoms with Gasteiger partial charge in [-0.3, -0.25) is 4.98 Å². The molecule has 0 aromatic carbocycles. The van der Waals surface area contributed by atoms with Crippen LogP contribution in [-0.2, 0) is 15.5 Å². The van der Waals surface area contributed by atoms with Gasteiger partial charge in [-0.1, -0.05) is 32.3 Å². The Kier molecular flexibility index (Phi) is 7.16. The van der Waals surface area contributed by atoms with Gasteiger partial charge in [-0.15, -0.1) is 0 Å². The third kappa shape index (κ3) is 6.89. The van der Waals surface area contributed by atoms with Gasteiger partial charge < -0.3 is 8.85 Å². The lowest BCUT2D eigenvalue weighted by molar-refractivity contribution is 0.168. The Morgan fingerprint density at radius 3 is 2.67 bits per heavy atom. The van der Waals surface area contributed by atoms with Crippen molar-refractivity contribution in [3.8, 4) is 0 Å². The third-order valence-electron chi connectivity index (χ3n) is 2.76. The van der Waals surface area contributed by atoms with E-state index in [9.17, 15) is 0 Å². The van der Waals surface area contributed by atoms with E-state index < -0.39 is 8.56 Å². The van der Waals surface area contributed by atoms with Gasteiger partial charge in [-0.2, -0.15) is 0 Å². The molecule has 1 heterocycles. The molecule has 0 radical (unpaired) electrons. The van der Waals surface area contributed by atoms with Gasteiger partial charge in [-0.25, -0.2) is 0 Å². The molecule has 0 unspecified atom stereocenters. The molecule has 0 saturated carbocycles. The third-order valence-corrected chi connectivity index (χ3v) is 4.50. The minimum atomic E-state index is -1.97. The topological polar surface area (TPSA) is 31.4 Å². The molecule has 0 fully saturated rings. The van der Waals surface area contributed by atoms with Gasteiger partial charge in [0, 0.05) is 19.0 Å². The van der Waals surface area contributed by atoms with E-state index in [-0.39, 0.29) is 0 Å². The van der Waals surface area contributed by atoms with Gasteiger partial charge in [0.2, 0.25) is 0 Å². The Morgan fingerprint density at radius 2 is 2.00 bits per heavy atom. The molecule has 4 heteroatoms. The largest absolute Gasteiger partial charge is 0.395 e. The molecule has 0 bridgehead atoms. The fourth-order valence-corrected chi connectivity index (χ4v) is 2.86. The van der Waals surface area contributed by atoms with Crippen LogP contribution in [0, 0.1) is 0 Å². The van der Waals surface area contributed by atoms with Crippen LogP contribution in [0.4, 0.5) is 0 Å². The van der Waals surface area contributed by atoms with Gasteiger partial charge in [0.05, 0.1) is 6.61 Å². The normalized spacial score (nSPS) is 11.7. The first-order chi connectivity index (χ1) is 8.64. The molecule has 102 valence electrons. The summed E-state index contributed by atoms with van der Waals surface area (Å²) in [5, 5.41) is 0. The molecule has 0 atom stereocenters. The molecule has 3 nitrogen and oxygen atoms in total. The minimum absolute atomic E-state index is 0.599. The molecule has 18 heavy (non-hydrogen) atoms. The van der Waals surface area contributed by atoms with Crippen LogP contribution in [0.25, 0.3) is 0 Å². The molecule has 0 amide bonds. The first kappa shape index (κ1) is 15.3. The lowest BCUT2D eigenvalue weighted by Crippen LogP contribution is -2.35. The summed E-state index contributed by atoms with van der Waals surface area (Å²) in [4.78, 5) is 4.08. The van der Waals surface area contributed by atoms with Crippen molar-refractivity contribution in [3.63, 3.8) is 0 Å². The molecular formula is C14H25NO2Si. The zero-order chi connectivity index (χ0) is 13.3. The minimum Gasteiger partial charge on any atom is -0.395 e. The Bertz CT molecular complexity index is 317. The zero-order valence-electron chi connectivity index (χ0n) is 11.8. The summed E-state index contributed by atoms with van der Waals surface area (Å²) in [5.41, 5.74) is 1.10. The summed E-state index contributed by atoms with van der Waals surface area (Å²) in [5.74, 6) is 0. The van der Waals surface area contributed by atoms with E-state index in [1.807, 2.05) is 18.3 Å². The Labute approximate surface area is 112 Å². The monoisotopic (exact) mass is 267 g/mol. The van der Waals surface area contributed by atoms with Crippen LogP contribution in [0.15, 0.2) is 24.5 Å². The molecule has 0 aliphatic rings. The van der Waals surface area contributed by atoms with Crippen molar-refractivity contribution in [1.82, 2.24) is 4.98 Å². The maximum Gasteiger partial charge on any atom is 0.332 e. The van der Waals surface area contributed by atoms with Crippen molar-refractivity contribution in [1.29, 1.82) is 0 Å². The van der Waals surface area contributed by atoms with Gasteiger partial charge in [0.1, 0.15) is 0 Å². The van der Waals surface area contributed by atoms with E-state index in [1.165, 1.54) is 19.3 Å². The summed E-state index contributed by atoms with van der Waals surface area (Å²) in [6.07, 6.45) is 8.56. The van der Waals surface area contributed by atoms with Crippen molar-refractivity contribution < 1.29 is 8.85 Å². The molecule has 1 aromatic heterocycles. The lowest BCUT2D eigenvalue weighted by atomic mass is 10.2. The molecular weight excluding hydrogens is 242 g/mol. The van der Waals surface area contributed by atoms with Crippen molar-refractivity contribution in [2.45, 2.75) is 52.3 Å². The van der Waals surface area contributed by atoms with E-state index in [4.69, 9.17) is 8.85 Å². The molecule has 0 saturated heterocycles. The summed E-state index contributed by atoms with van der Waals surface area (Å²) < 4.78 is 11.8. The zero-order valence-corrected chi connectivity index (χ0v) is 12.8. The van der Waals surface area contributed by atoms with E-state index in [0.29, 0.717) is 6.61 Å². The second-order valence-corrected chi connectivity index (χ2v) is 8.34. The number of pyridine rings is 1. The van der Waals surface area contributed by atoms with Gasteiger partial charge >= 0.3 is 8.56 Å². The first-order valence-corrected chi connectivity index (χ1v) is 9.62. The molecule has 1 rings (SSSR count). The van der Waals surface area contributed by atoms with Crippen LogP contribution in [0.1, 0.15) is 38.2 Å². The first-order valence-electron chi connectivity index (χ1n) is 6.81. The maximum atomic E-state index is 5.90. The Morgan fingerprint density at radius 1 is 1.17 bits per heavy atom. The van der Waals surface area contributed by atoms with Crippen LogP contribution < -0.4 is 0 Å². The molecule has 1 aromatic rings. The maximum absolute atomic E-state index is 5.90. The fourth-order valence-electron chi connectivity index (χ4n) is 1.63. The highest BCUT2D eigenvalue weighted by atomic mass is 28.4. The summed E-state index contributed by atoms with van der Waals surface area (Å²) in [6.45, 7) is 7.84. The van der Waals surface area contributed by atoms with Gasteiger partial charge in [0.15, 0.2) is 0 Å². The molecule has 0 aliphatic heterocycles. The van der Waals surface area contributed by atoms with E-state index in [2.05, 4.69) is 25.0 Å². The van der Waals surface area contributed by atoms with Crippen LogP contribution in [0.3, 0.4) is 0 Å². The van der Waals surface area contributed by atoms with Crippen molar-refractivity contribution in [2.24, 2.45) is 0 Å². The van der Waals surface area contributed by atoms with E-state index in [0.717, 1.165) is 18.6 Å². The standard InChI is InChI=1S/C14H25NO2Si/c1-4-5-6-7-11-16-18(2,3)17-13-14-9-8-10-15-12-14/h8-10,12H,4-7,11,13H2,1-3H3.